The van der Waals surface area contributed by atoms with Crippen LogP contribution in [0.15, 0.2) is 30.6 Å². The Bertz CT molecular complexity index is 566. The first-order valence-corrected chi connectivity index (χ1v) is 6.14. The highest BCUT2D eigenvalue weighted by Crippen LogP contribution is 2.29. The lowest BCUT2D eigenvalue weighted by molar-refractivity contribution is 0.199. The quantitative estimate of drug-likeness (QED) is 0.920. The molecule has 0 radical (unpaired) electrons. The fourth-order valence-corrected chi connectivity index (χ4v) is 2.18. The minimum absolute atomic E-state index is 0.329. The van der Waals surface area contributed by atoms with Crippen LogP contribution in [0.3, 0.4) is 0 Å². The largest absolute Gasteiger partial charge is 0.389 e. The van der Waals surface area contributed by atoms with Crippen LogP contribution >= 0.6 is 0 Å². The Kier molecular flexibility index (Phi) is 3.85. The Labute approximate surface area is 112 Å². The van der Waals surface area contributed by atoms with Gasteiger partial charge in [0.1, 0.15) is 5.82 Å². The Balaban J connectivity index is 2.30. The number of anilines is 1. The van der Waals surface area contributed by atoms with Gasteiger partial charge in [-0.15, -0.1) is 0 Å². The lowest BCUT2D eigenvalue weighted by Gasteiger charge is -2.23. The molecule has 4 nitrogen and oxygen atoms in total. The van der Waals surface area contributed by atoms with E-state index in [1.807, 2.05) is 13.2 Å². The zero-order chi connectivity index (χ0) is 14.0. The SMILES string of the molecule is CC(O)c1cccc(F)c1N(C)Cc1cnn(C)c1. The molecule has 0 aliphatic carbocycles. The van der Waals surface area contributed by atoms with Crippen molar-refractivity contribution in [3.63, 3.8) is 0 Å². The van der Waals surface area contributed by atoms with E-state index in [1.54, 1.807) is 41.9 Å². The van der Waals surface area contributed by atoms with Crippen LogP contribution in [-0.2, 0) is 13.6 Å². The molecular formula is C14H18FN3O. The van der Waals surface area contributed by atoms with Crippen molar-refractivity contribution in [2.24, 2.45) is 7.05 Å². The van der Waals surface area contributed by atoms with Crippen LogP contribution in [0, 0.1) is 5.82 Å². The lowest BCUT2D eigenvalue weighted by Crippen LogP contribution is -2.20. The number of aromatic nitrogens is 2. The summed E-state index contributed by atoms with van der Waals surface area (Å²) in [6.07, 6.45) is 2.93. The van der Waals surface area contributed by atoms with Gasteiger partial charge in [-0.3, -0.25) is 4.68 Å². The van der Waals surface area contributed by atoms with E-state index in [0.717, 1.165) is 5.56 Å². The Morgan fingerprint density at radius 1 is 1.47 bits per heavy atom. The number of aliphatic hydroxyl groups is 1. The van der Waals surface area contributed by atoms with Crippen molar-refractivity contribution in [2.45, 2.75) is 19.6 Å². The minimum atomic E-state index is -0.706. The highest BCUT2D eigenvalue weighted by atomic mass is 19.1. The molecule has 102 valence electrons. The van der Waals surface area contributed by atoms with E-state index in [2.05, 4.69) is 5.10 Å². The number of benzene rings is 1. The third-order valence-electron chi connectivity index (χ3n) is 3.03. The second-order valence-corrected chi connectivity index (χ2v) is 4.73. The Morgan fingerprint density at radius 2 is 2.21 bits per heavy atom. The van der Waals surface area contributed by atoms with Gasteiger partial charge in [0.2, 0.25) is 0 Å². The normalized spacial score (nSPS) is 12.5. The second-order valence-electron chi connectivity index (χ2n) is 4.73. The van der Waals surface area contributed by atoms with E-state index >= 15 is 0 Å². The number of hydrogen-bond donors (Lipinski definition) is 1. The van der Waals surface area contributed by atoms with Crippen molar-refractivity contribution in [2.75, 3.05) is 11.9 Å². The predicted octanol–water partition coefficient (Wildman–Crippen LogP) is 2.25. The van der Waals surface area contributed by atoms with E-state index in [0.29, 0.717) is 17.8 Å². The van der Waals surface area contributed by atoms with Gasteiger partial charge in [-0.25, -0.2) is 4.39 Å². The minimum Gasteiger partial charge on any atom is -0.389 e. The fraction of sp³-hybridized carbons (Fsp3) is 0.357. The average Bonchev–Trinajstić information content (AvgIpc) is 2.74. The Morgan fingerprint density at radius 3 is 2.79 bits per heavy atom. The first kappa shape index (κ1) is 13.5. The molecule has 1 aromatic heterocycles. The summed E-state index contributed by atoms with van der Waals surface area (Å²) in [5.74, 6) is -0.329. The summed E-state index contributed by atoms with van der Waals surface area (Å²) in [5.41, 5.74) is 2.01. The smallest absolute Gasteiger partial charge is 0.146 e. The molecule has 0 saturated carbocycles. The molecule has 2 rings (SSSR count). The third kappa shape index (κ3) is 2.93. The van der Waals surface area contributed by atoms with Crippen molar-refractivity contribution >= 4 is 5.69 Å². The summed E-state index contributed by atoms with van der Waals surface area (Å²) in [6.45, 7) is 2.17. The summed E-state index contributed by atoms with van der Waals surface area (Å²) in [5, 5.41) is 13.8. The van der Waals surface area contributed by atoms with Gasteiger partial charge >= 0.3 is 0 Å². The molecule has 1 atom stereocenters. The molecule has 0 aliphatic heterocycles. The summed E-state index contributed by atoms with van der Waals surface area (Å²) in [4.78, 5) is 1.79. The molecule has 1 aromatic carbocycles. The summed E-state index contributed by atoms with van der Waals surface area (Å²) < 4.78 is 15.7. The summed E-state index contributed by atoms with van der Waals surface area (Å²) in [7, 11) is 3.64. The van der Waals surface area contributed by atoms with Gasteiger partial charge in [-0.2, -0.15) is 5.10 Å². The molecule has 1 unspecified atom stereocenters. The molecule has 0 fully saturated rings. The van der Waals surface area contributed by atoms with Gasteiger partial charge in [-0.1, -0.05) is 12.1 Å². The number of para-hydroxylation sites is 1. The van der Waals surface area contributed by atoms with Crippen molar-refractivity contribution < 1.29 is 9.50 Å². The van der Waals surface area contributed by atoms with Crippen LogP contribution in [-0.4, -0.2) is 21.9 Å². The van der Waals surface area contributed by atoms with Crippen LogP contribution in [0.25, 0.3) is 0 Å². The molecule has 1 N–H and O–H groups in total. The molecule has 5 heteroatoms. The maximum atomic E-state index is 14.0. The van der Waals surface area contributed by atoms with Gasteiger partial charge in [0, 0.05) is 38.0 Å². The molecule has 19 heavy (non-hydrogen) atoms. The monoisotopic (exact) mass is 263 g/mol. The van der Waals surface area contributed by atoms with Crippen molar-refractivity contribution in [3.8, 4) is 0 Å². The van der Waals surface area contributed by atoms with Crippen LogP contribution in [0.4, 0.5) is 10.1 Å². The number of aryl methyl sites for hydroxylation is 1. The van der Waals surface area contributed by atoms with E-state index in [4.69, 9.17) is 0 Å². The van der Waals surface area contributed by atoms with E-state index in [-0.39, 0.29) is 5.82 Å². The van der Waals surface area contributed by atoms with Gasteiger partial charge < -0.3 is 10.0 Å². The third-order valence-corrected chi connectivity index (χ3v) is 3.03. The molecule has 0 bridgehead atoms. The van der Waals surface area contributed by atoms with Crippen LogP contribution < -0.4 is 4.90 Å². The van der Waals surface area contributed by atoms with Crippen molar-refractivity contribution in [1.29, 1.82) is 0 Å². The fourth-order valence-electron chi connectivity index (χ4n) is 2.18. The standard InChI is InChI=1S/C14H18FN3O/c1-10(19)12-5-4-6-13(15)14(12)17(2)8-11-7-16-18(3)9-11/h4-7,9-10,19H,8H2,1-3H3. The van der Waals surface area contributed by atoms with Crippen molar-refractivity contribution in [3.05, 3.63) is 47.5 Å². The average molecular weight is 263 g/mol. The summed E-state index contributed by atoms with van der Waals surface area (Å²) >= 11 is 0. The van der Waals surface area contributed by atoms with E-state index in [9.17, 15) is 9.50 Å². The van der Waals surface area contributed by atoms with Gasteiger partial charge in [0.25, 0.3) is 0 Å². The topological polar surface area (TPSA) is 41.3 Å². The maximum Gasteiger partial charge on any atom is 0.146 e. The lowest BCUT2D eigenvalue weighted by atomic mass is 10.1. The number of aliphatic hydroxyl groups excluding tert-OH is 1. The number of nitrogens with zero attached hydrogens (tertiary/aromatic N) is 3. The van der Waals surface area contributed by atoms with Gasteiger partial charge in [0.15, 0.2) is 0 Å². The highest BCUT2D eigenvalue weighted by molar-refractivity contribution is 5.55. The molecule has 0 spiro atoms. The Hall–Kier alpha value is -1.88. The first-order chi connectivity index (χ1) is 8.99. The predicted molar refractivity (Wildman–Crippen MR) is 72.3 cm³/mol. The zero-order valence-corrected chi connectivity index (χ0v) is 11.3. The summed E-state index contributed by atoms with van der Waals surface area (Å²) in [6, 6.07) is 4.75. The highest BCUT2D eigenvalue weighted by Gasteiger charge is 2.16. The maximum absolute atomic E-state index is 14.0. The number of halogens is 1. The molecule has 2 aromatic rings. The van der Waals surface area contributed by atoms with E-state index in [1.165, 1.54) is 6.07 Å². The van der Waals surface area contributed by atoms with Crippen LogP contribution in [0.5, 0.6) is 0 Å². The molecule has 0 aliphatic rings. The first-order valence-electron chi connectivity index (χ1n) is 6.14. The van der Waals surface area contributed by atoms with Gasteiger partial charge in [-0.05, 0) is 13.0 Å². The van der Waals surface area contributed by atoms with Crippen LogP contribution in [0.1, 0.15) is 24.2 Å². The van der Waals surface area contributed by atoms with Crippen molar-refractivity contribution in [1.82, 2.24) is 9.78 Å². The molecule has 1 heterocycles. The molecule has 0 saturated heterocycles. The number of hydrogen-bond acceptors (Lipinski definition) is 3. The second kappa shape index (κ2) is 5.40. The van der Waals surface area contributed by atoms with Gasteiger partial charge in [0.05, 0.1) is 18.0 Å². The number of rotatable bonds is 4. The van der Waals surface area contributed by atoms with E-state index < -0.39 is 6.10 Å². The molecular weight excluding hydrogens is 245 g/mol. The molecule has 0 amide bonds. The zero-order valence-electron chi connectivity index (χ0n) is 11.3. The van der Waals surface area contributed by atoms with Crippen LogP contribution in [0.2, 0.25) is 0 Å².